The van der Waals surface area contributed by atoms with Crippen LogP contribution in [0.4, 0.5) is 0 Å². The number of thiophene rings is 1. The highest BCUT2D eigenvalue weighted by Crippen LogP contribution is 2.32. The van der Waals surface area contributed by atoms with Gasteiger partial charge in [0.1, 0.15) is 11.5 Å². The molecule has 0 unspecified atom stereocenters. The van der Waals surface area contributed by atoms with Crippen LogP contribution in [0.5, 0.6) is 0 Å². The van der Waals surface area contributed by atoms with Gasteiger partial charge in [0.15, 0.2) is 0 Å². The molecule has 0 aliphatic heterocycles. The van der Waals surface area contributed by atoms with Crippen LogP contribution in [0.1, 0.15) is 35.5 Å². The van der Waals surface area contributed by atoms with E-state index in [0.717, 1.165) is 10.1 Å². The fourth-order valence-electron chi connectivity index (χ4n) is 2.54. The molecule has 0 radical (unpaired) electrons. The van der Waals surface area contributed by atoms with Crippen LogP contribution in [0.25, 0.3) is 10.1 Å². The van der Waals surface area contributed by atoms with Crippen molar-refractivity contribution in [2.24, 2.45) is 5.41 Å². The van der Waals surface area contributed by atoms with Gasteiger partial charge in [-0.1, -0.05) is 32.0 Å². The van der Waals surface area contributed by atoms with Gasteiger partial charge in [-0.15, -0.1) is 11.3 Å². The van der Waals surface area contributed by atoms with Crippen LogP contribution >= 0.6 is 11.3 Å². The minimum atomic E-state index is -0.415. The Morgan fingerprint density at radius 3 is 2.54 bits per heavy atom. The molecule has 0 atom stereocenters. The molecule has 2 rings (SSSR count). The Kier molecular flexibility index (Phi) is 5.96. The zero-order valence-electron chi connectivity index (χ0n) is 14.4. The van der Waals surface area contributed by atoms with Crippen LogP contribution in [0.15, 0.2) is 24.3 Å². The van der Waals surface area contributed by atoms with E-state index in [9.17, 15) is 9.59 Å². The number of hydrogen-bond acceptors (Lipinski definition) is 6. The summed E-state index contributed by atoms with van der Waals surface area (Å²) < 4.78 is 16.3. The highest BCUT2D eigenvalue weighted by molar-refractivity contribution is 7.21. The Labute approximate surface area is 145 Å². The first-order valence-corrected chi connectivity index (χ1v) is 8.43. The van der Waals surface area contributed by atoms with Crippen LogP contribution in [0, 0.1) is 5.41 Å². The topological polar surface area (TPSA) is 61.8 Å². The first-order chi connectivity index (χ1) is 11.4. The summed E-state index contributed by atoms with van der Waals surface area (Å²) in [6, 6.07) is 7.64. The van der Waals surface area contributed by atoms with Crippen molar-refractivity contribution in [2.75, 3.05) is 20.8 Å². The Hall–Kier alpha value is -1.92. The van der Waals surface area contributed by atoms with Gasteiger partial charge >= 0.3 is 11.9 Å². The average molecular weight is 350 g/mol. The Morgan fingerprint density at radius 1 is 1.17 bits per heavy atom. The Balaban J connectivity index is 2.17. The quantitative estimate of drug-likeness (QED) is 0.711. The normalized spacial score (nSPS) is 11.5. The van der Waals surface area contributed by atoms with Crippen molar-refractivity contribution in [2.45, 2.75) is 26.9 Å². The summed E-state index contributed by atoms with van der Waals surface area (Å²) in [4.78, 5) is 24.6. The molecule has 1 heterocycles. The standard InChI is InChI=1S/C18H22O5S/c1-18(2,11-21-3)9-15(19)23-10-13-12-7-5-6-8-14(12)24-16(13)17(20)22-4/h5-8H,9-11H2,1-4H3. The van der Waals surface area contributed by atoms with Crippen molar-refractivity contribution in [3.63, 3.8) is 0 Å². The number of fused-ring (bicyclic) bond motifs is 1. The van der Waals surface area contributed by atoms with E-state index in [1.54, 1.807) is 7.11 Å². The van der Waals surface area contributed by atoms with E-state index in [1.165, 1.54) is 18.4 Å². The second-order valence-electron chi connectivity index (χ2n) is 6.33. The van der Waals surface area contributed by atoms with Crippen molar-refractivity contribution in [1.29, 1.82) is 0 Å². The van der Waals surface area contributed by atoms with Crippen molar-refractivity contribution < 1.29 is 23.8 Å². The lowest BCUT2D eigenvalue weighted by Gasteiger charge is -2.22. The average Bonchev–Trinajstić information content (AvgIpc) is 2.90. The summed E-state index contributed by atoms with van der Waals surface area (Å²) in [5, 5.41) is 0.909. The minimum Gasteiger partial charge on any atom is -0.465 e. The summed E-state index contributed by atoms with van der Waals surface area (Å²) in [5.74, 6) is -0.731. The number of methoxy groups -OCH3 is 2. The molecule has 0 aliphatic rings. The van der Waals surface area contributed by atoms with Gasteiger partial charge < -0.3 is 14.2 Å². The largest absolute Gasteiger partial charge is 0.465 e. The van der Waals surface area contributed by atoms with E-state index < -0.39 is 5.97 Å². The molecular weight excluding hydrogens is 328 g/mol. The van der Waals surface area contributed by atoms with E-state index in [4.69, 9.17) is 14.2 Å². The number of ether oxygens (including phenoxy) is 3. The molecule has 24 heavy (non-hydrogen) atoms. The van der Waals surface area contributed by atoms with Crippen LogP contribution < -0.4 is 0 Å². The number of hydrogen-bond donors (Lipinski definition) is 0. The molecule has 0 N–H and O–H groups in total. The van der Waals surface area contributed by atoms with Crippen molar-refractivity contribution in [1.82, 2.24) is 0 Å². The SMILES string of the molecule is COCC(C)(C)CC(=O)OCc1c(C(=O)OC)sc2ccccc12. The summed E-state index contributed by atoms with van der Waals surface area (Å²) in [6.07, 6.45) is 0.246. The number of benzene rings is 1. The third-order valence-electron chi connectivity index (χ3n) is 3.60. The molecule has 2 aromatic rings. The second kappa shape index (κ2) is 7.77. The zero-order valence-corrected chi connectivity index (χ0v) is 15.2. The van der Waals surface area contributed by atoms with Gasteiger partial charge in [0, 0.05) is 17.4 Å². The Morgan fingerprint density at radius 2 is 1.88 bits per heavy atom. The van der Waals surface area contributed by atoms with Crippen LogP contribution in [-0.2, 0) is 25.6 Å². The Bertz CT molecular complexity index is 732. The molecule has 5 nitrogen and oxygen atoms in total. The minimum absolute atomic E-state index is 0.0519. The lowest BCUT2D eigenvalue weighted by atomic mass is 9.91. The number of carbonyl (C=O) groups is 2. The smallest absolute Gasteiger partial charge is 0.348 e. The monoisotopic (exact) mass is 350 g/mol. The van der Waals surface area contributed by atoms with Gasteiger partial charge in [0.2, 0.25) is 0 Å². The lowest BCUT2D eigenvalue weighted by Crippen LogP contribution is -2.23. The van der Waals surface area contributed by atoms with Gasteiger partial charge in [0.05, 0.1) is 20.1 Å². The maximum Gasteiger partial charge on any atom is 0.348 e. The predicted octanol–water partition coefficient (Wildman–Crippen LogP) is 3.79. The van der Waals surface area contributed by atoms with Crippen LogP contribution in [0.2, 0.25) is 0 Å². The highest BCUT2D eigenvalue weighted by Gasteiger charge is 2.24. The second-order valence-corrected chi connectivity index (χ2v) is 7.38. The summed E-state index contributed by atoms with van der Waals surface area (Å²) >= 11 is 1.34. The van der Waals surface area contributed by atoms with Crippen molar-refractivity contribution in [3.05, 3.63) is 34.7 Å². The number of rotatable bonds is 7. The molecule has 0 spiro atoms. The molecule has 1 aromatic carbocycles. The number of carbonyl (C=O) groups excluding carboxylic acids is 2. The van der Waals surface area contributed by atoms with Gasteiger partial charge in [0.25, 0.3) is 0 Å². The lowest BCUT2D eigenvalue weighted by molar-refractivity contribution is -0.148. The van der Waals surface area contributed by atoms with Gasteiger partial charge in [-0.05, 0) is 16.9 Å². The first-order valence-electron chi connectivity index (χ1n) is 7.61. The molecule has 0 fully saturated rings. The molecular formula is C18H22O5S. The van der Waals surface area contributed by atoms with E-state index in [-0.39, 0.29) is 24.4 Å². The molecule has 0 amide bonds. The maximum absolute atomic E-state index is 12.1. The fourth-order valence-corrected chi connectivity index (χ4v) is 3.66. The molecule has 0 bridgehead atoms. The maximum atomic E-state index is 12.1. The first kappa shape index (κ1) is 18.4. The number of esters is 2. The third-order valence-corrected chi connectivity index (χ3v) is 4.80. The van der Waals surface area contributed by atoms with E-state index in [0.29, 0.717) is 17.0 Å². The zero-order chi connectivity index (χ0) is 17.7. The van der Waals surface area contributed by atoms with Crippen LogP contribution in [-0.4, -0.2) is 32.8 Å². The molecule has 6 heteroatoms. The van der Waals surface area contributed by atoms with Crippen molar-refractivity contribution >= 4 is 33.4 Å². The molecule has 0 saturated heterocycles. The summed E-state index contributed by atoms with van der Waals surface area (Å²) in [5.41, 5.74) is 0.397. The molecule has 0 saturated carbocycles. The molecule has 0 aliphatic carbocycles. The molecule has 1 aromatic heterocycles. The van der Waals surface area contributed by atoms with Gasteiger partial charge in [-0.2, -0.15) is 0 Å². The van der Waals surface area contributed by atoms with Crippen molar-refractivity contribution in [3.8, 4) is 0 Å². The molecule has 130 valence electrons. The van der Waals surface area contributed by atoms with E-state index in [2.05, 4.69) is 0 Å². The highest BCUT2D eigenvalue weighted by atomic mass is 32.1. The van der Waals surface area contributed by atoms with E-state index >= 15 is 0 Å². The summed E-state index contributed by atoms with van der Waals surface area (Å²) in [7, 11) is 2.95. The van der Waals surface area contributed by atoms with E-state index in [1.807, 2.05) is 38.1 Å². The predicted molar refractivity (Wildman–Crippen MR) is 93.2 cm³/mol. The fraction of sp³-hybridized carbons (Fsp3) is 0.444. The summed E-state index contributed by atoms with van der Waals surface area (Å²) in [6.45, 7) is 4.41. The van der Waals surface area contributed by atoms with Crippen LogP contribution in [0.3, 0.4) is 0 Å². The van der Waals surface area contributed by atoms with Gasteiger partial charge in [-0.3, -0.25) is 4.79 Å². The third kappa shape index (κ3) is 4.33. The van der Waals surface area contributed by atoms with Gasteiger partial charge in [-0.25, -0.2) is 4.79 Å².